The molecule has 1 atom stereocenters. The van der Waals surface area contributed by atoms with Gasteiger partial charge in [-0.05, 0) is 30.2 Å². The van der Waals surface area contributed by atoms with Crippen LogP contribution in [0.4, 0.5) is 0 Å². The summed E-state index contributed by atoms with van der Waals surface area (Å²) in [6.45, 7) is 1.32. The van der Waals surface area contributed by atoms with Crippen molar-refractivity contribution in [2.45, 2.75) is 25.8 Å². The zero-order chi connectivity index (χ0) is 19.6. The Bertz CT molecular complexity index is 768. The summed E-state index contributed by atoms with van der Waals surface area (Å²) in [5, 5.41) is 3.64. The number of carbonyl (C=O) groups is 2. The van der Waals surface area contributed by atoms with Crippen LogP contribution in [0.15, 0.2) is 48.5 Å². The van der Waals surface area contributed by atoms with Crippen LogP contribution in [0, 0.1) is 0 Å². The zero-order valence-corrected chi connectivity index (χ0v) is 16.4. The first-order valence-electron chi connectivity index (χ1n) is 8.57. The first kappa shape index (κ1) is 21.1. The second kappa shape index (κ2) is 10.8. The van der Waals surface area contributed by atoms with E-state index in [9.17, 15) is 9.59 Å². The van der Waals surface area contributed by atoms with Gasteiger partial charge in [0.2, 0.25) is 0 Å². The Kier molecular flexibility index (Phi) is 8.43. The normalized spacial score (nSPS) is 11.5. The fourth-order valence-electron chi connectivity index (χ4n) is 2.45. The van der Waals surface area contributed by atoms with Gasteiger partial charge in [0, 0.05) is 5.02 Å². The molecule has 0 radical (unpaired) electrons. The molecule has 0 aliphatic heterocycles. The SMILES string of the molecule is CCC[C@@H](NC(=O)COC(=O)COc1ccc(Cl)cc1Cl)c1ccccc1. The fourth-order valence-corrected chi connectivity index (χ4v) is 2.91. The van der Waals surface area contributed by atoms with Crippen LogP contribution in [-0.4, -0.2) is 25.1 Å². The lowest BCUT2D eigenvalue weighted by molar-refractivity contribution is -0.150. The van der Waals surface area contributed by atoms with Crippen LogP contribution >= 0.6 is 23.2 Å². The molecule has 0 aliphatic rings. The van der Waals surface area contributed by atoms with E-state index in [0.717, 1.165) is 18.4 Å². The fraction of sp³-hybridized carbons (Fsp3) is 0.300. The van der Waals surface area contributed by atoms with Gasteiger partial charge in [0.25, 0.3) is 5.91 Å². The van der Waals surface area contributed by atoms with Crippen molar-refractivity contribution >= 4 is 35.1 Å². The number of benzene rings is 2. The van der Waals surface area contributed by atoms with Gasteiger partial charge in [-0.1, -0.05) is 66.9 Å². The lowest BCUT2D eigenvalue weighted by Crippen LogP contribution is -2.33. The number of hydrogen-bond acceptors (Lipinski definition) is 4. The van der Waals surface area contributed by atoms with E-state index in [1.807, 2.05) is 37.3 Å². The third kappa shape index (κ3) is 7.12. The highest BCUT2D eigenvalue weighted by Crippen LogP contribution is 2.27. The summed E-state index contributed by atoms with van der Waals surface area (Å²) < 4.78 is 10.2. The van der Waals surface area contributed by atoms with Gasteiger partial charge < -0.3 is 14.8 Å². The molecule has 0 saturated carbocycles. The number of halogens is 2. The molecule has 1 N–H and O–H groups in total. The summed E-state index contributed by atoms with van der Waals surface area (Å²) >= 11 is 11.8. The molecule has 2 aromatic rings. The number of nitrogens with one attached hydrogen (secondary N) is 1. The van der Waals surface area contributed by atoms with Crippen LogP contribution in [-0.2, 0) is 14.3 Å². The Morgan fingerprint density at radius 3 is 2.48 bits per heavy atom. The molecule has 2 rings (SSSR count). The van der Waals surface area contributed by atoms with Gasteiger partial charge in [0.05, 0.1) is 11.1 Å². The predicted octanol–water partition coefficient (Wildman–Crippen LogP) is 4.57. The van der Waals surface area contributed by atoms with Gasteiger partial charge in [0.1, 0.15) is 5.75 Å². The Labute approximate surface area is 168 Å². The summed E-state index contributed by atoms with van der Waals surface area (Å²) in [7, 11) is 0. The van der Waals surface area contributed by atoms with E-state index in [1.54, 1.807) is 12.1 Å². The smallest absolute Gasteiger partial charge is 0.344 e. The predicted molar refractivity (Wildman–Crippen MR) is 105 cm³/mol. The average molecular weight is 410 g/mol. The van der Waals surface area contributed by atoms with Gasteiger partial charge in [0.15, 0.2) is 13.2 Å². The molecule has 144 valence electrons. The van der Waals surface area contributed by atoms with E-state index in [-0.39, 0.29) is 25.2 Å². The van der Waals surface area contributed by atoms with Crippen molar-refractivity contribution in [1.29, 1.82) is 0 Å². The summed E-state index contributed by atoms with van der Waals surface area (Å²) in [4.78, 5) is 23.9. The molecule has 27 heavy (non-hydrogen) atoms. The molecular formula is C20H21Cl2NO4. The van der Waals surface area contributed by atoms with E-state index >= 15 is 0 Å². The van der Waals surface area contributed by atoms with Gasteiger partial charge in [-0.3, -0.25) is 4.79 Å². The minimum atomic E-state index is -0.664. The molecule has 0 aliphatic carbocycles. The van der Waals surface area contributed by atoms with Gasteiger partial charge >= 0.3 is 5.97 Å². The monoisotopic (exact) mass is 409 g/mol. The summed E-state index contributed by atoms with van der Waals surface area (Å²) in [6.07, 6.45) is 1.71. The summed E-state index contributed by atoms with van der Waals surface area (Å²) in [5.41, 5.74) is 1.01. The second-order valence-electron chi connectivity index (χ2n) is 5.84. The molecule has 7 heteroatoms. The molecular weight excluding hydrogens is 389 g/mol. The molecule has 0 spiro atoms. The quantitative estimate of drug-likeness (QED) is 0.615. The number of rotatable bonds is 9. The van der Waals surface area contributed by atoms with Crippen molar-refractivity contribution in [3.63, 3.8) is 0 Å². The number of carbonyl (C=O) groups excluding carboxylic acids is 2. The highest BCUT2D eigenvalue weighted by atomic mass is 35.5. The molecule has 5 nitrogen and oxygen atoms in total. The molecule has 0 heterocycles. The Morgan fingerprint density at radius 1 is 1.07 bits per heavy atom. The maximum absolute atomic E-state index is 12.1. The van der Waals surface area contributed by atoms with Crippen molar-refractivity contribution in [2.75, 3.05) is 13.2 Å². The highest BCUT2D eigenvalue weighted by molar-refractivity contribution is 6.35. The molecule has 0 fully saturated rings. The van der Waals surface area contributed by atoms with Crippen LogP contribution < -0.4 is 10.1 Å². The molecule has 2 aromatic carbocycles. The Hall–Kier alpha value is -2.24. The van der Waals surface area contributed by atoms with E-state index < -0.39 is 5.97 Å². The van der Waals surface area contributed by atoms with Crippen LogP contribution in [0.1, 0.15) is 31.4 Å². The van der Waals surface area contributed by atoms with E-state index in [4.69, 9.17) is 32.7 Å². The van der Waals surface area contributed by atoms with Crippen LogP contribution in [0.2, 0.25) is 10.0 Å². The molecule has 1 amide bonds. The standard InChI is InChI=1S/C20H21Cl2NO4/c1-2-6-17(14-7-4-3-5-8-14)23-19(24)12-27-20(25)13-26-18-10-9-15(21)11-16(18)22/h3-5,7-11,17H,2,6,12-13H2,1H3,(H,23,24)/t17-/m1/s1. The lowest BCUT2D eigenvalue weighted by Gasteiger charge is -2.18. The van der Waals surface area contributed by atoms with Crippen molar-refractivity contribution in [1.82, 2.24) is 5.32 Å². The first-order chi connectivity index (χ1) is 13.0. The van der Waals surface area contributed by atoms with E-state index in [1.165, 1.54) is 6.07 Å². The van der Waals surface area contributed by atoms with Crippen LogP contribution in [0.3, 0.4) is 0 Å². The molecule has 0 aromatic heterocycles. The third-order valence-electron chi connectivity index (χ3n) is 3.72. The number of amides is 1. The van der Waals surface area contributed by atoms with E-state index in [2.05, 4.69) is 5.32 Å². The maximum Gasteiger partial charge on any atom is 0.344 e. The van der Waals surface area contributed by atoms with Crippen molar-refractivity contribution < 1.29 is 19.1 Å². The molecule has 0 unspecified atom stereocenters. The van der Waals surface area contributed by atoms with Crippen molar-refractivity contribution in [3.05, 3.63) is 64.1 Å². The third-order valence-corrected chi connectivity index (χ3v) is 4.25. The van der Waals surface area contributed by atoms with Crippen LogP contribution in [0.25, 0.3) is 0 Å². The number of hydrogen-bond donors (Lipinski definition) is 1. The topological polar surface area (TPSA) is 64.6 Å². The number of ether oxygens (including phenoxy) is 2. The van der Waals surface area contributed by atoms with Gasteiger partial charge in [-0.2, -0.15) is 0 Å². The van der Waals surface area contributed by atoms with Gasteiger partial charge in [-0.25, -0.2) is 4.79 Å². The minimum absolute atomic E-state index is 0.119. The maximum atomic E-state index is 12.1. The molecule has 0 saturated heterocycles. The average Bonchev–Trinajstić information content (AvgIpc) is 2.66. The Morgan fingerprint density at radius 2 is 1.81 bits per heavy atom. The zero-order valence-electron chi connectivity index (χ0n) is 14.9. The van der Waals surface area contributed by atoms with Crippen molar-refractivity contribution in [3.8, 4) is 5.75 Å². The molecule has 0 bridgehead atoms. The van der Waals surface area contributed by atoms with Crippen LogP contribution in [0.5, 0.6) is 5.75 Å². The largest absolute Gasteiger partial charge is 0.480 e. The van der Waals surface area contributed by atoms with Crippen molar-refractivity contribution in [2.24, 2.45) is 0 Å². The first-order valence-corrected chi connectivity index (χ1v) is 9.33. The summed E-state index contributed by atoms with van der Waals surface area (Å²) in [5.74, 6) is -0.715. The van der Waals surface area contributed by atoms with E-state index in [0.29, 0.717) is 15.8 Å². The summed E-state index contributed by atoms with van der Waals surface area (Å²) in [6, 6.07) is 14.2. The number of esters is 1. The minimum Gasteiger partial charge on any atom is -0.480 e. The lowest BCUT2D eigenvalue weighted by atomic mass is 10.0. The Balaban J connectivity index is 1.79. The second-order valence-corrected chi connectivity index (χ2v) is 6.69. The highest BCUT2D eigenvalue weighted by Gasteiger charge is 2.15. The van der Waals surface area contributed by atoms with Gasteiger partial charge in [-0.15, -0.1) is 0 Å².